The Kier molecular flexibility index (Phi) is 32.7. The molecule has 0 aromatic carbocycles. The second-order valence-electron chi connectivity index (χ2n) is 11.4. The van der Waals surface area contributed by atoms with Crippen LogP contribution < -0.4 is 5.73 Å². The third-order valence-electron chi connectivity index (χ3n) is 7.01. The Bertz CT molecular complexity index is 828. The molecule has 0 aromatic rings. The Hall–Kier alpha value is -1.54. The molecule has 0 radical (unpaired) electrons. The first-order valence-electron chi connectivity index (χ1n) is 17.6. The van der Waals surface area contributed by atoms with E-state index < -0.39 is 13.9 Å². The van der Waals surface area contributed by atoms with Crippen molar-refractivity contribution < 1.29 is 32.8 Å². The van der Waals surface area contributed by atoms with Crippen molar-refractivity contribution in [3.63, 3.8) is 0 Å². The average Bonchev–Trinajstić information content (AvgIpc) is 3.03. The lowest BCUT2D eigenvalue weighted by Crippen LogP contribution is -2.28. The molecule has 0 rings (SSSR count). The largest absolute Gasteiger partial charge is 0.472 e. The van der Waals surface area contributed by atoms with E-state index in [9.17, 15) is 14.3 Å². The van der Waals surface area contributed by atoms with Crippen LogP contribution in [0.15, 0.2) is 48.6 Å². The van der Waals surface area contributed by atoms with Gasteiger partial charge in [-0.3, -0.25) is 13.8 Å². The van der Waals surface area contributed by atoms with Gasteiger partial charge in [-0.05, 0) is 51.4 Å². The van der Waals surface area contributed by atoms with Gasteiger partial charge in [0.25, 0.3) is 0 Å². The number of unbranched alkanes of at least 4 members (excludes halogenated alkanes) is 12. The van der Waals surface area contributed by atoms with Crippen LogP contribution in [0.5, 0.6) is 0 Å². The van der Waals surface area contributed by atoms with Crippen LogP contribution >= 0.6 is 7.82 Å². The van der Waals surface area contributed by atoms with Gasteiger partial charge in [0.05, 0.1) is 19.8 Å². The highest BCUT2D eigenvalue weighted by Crippen LogP contribution is 2.43. The molecule has 0 saturated heterocycles. The molecule has 0 aliphatic rings. The third kappa shape index (κ3) is 33.6. The summed E-state index contributed by atoms with van der Waals surface area (Å²) in [6.45, 7) is 4.69. The Morgan fingerprint density at radius 2 is 1.24 bits per heavy atom. The topological polar surface area (TPSA) is 117 Å². The van der Waals surface area contributed by atoms with Crippen LogP contribution in [-0.4, -0.2) is 49.9 Å². The summed E-state index contributed by atoms with van der Waals surface area (Å²) in [6.07, 6.45) is 37.2. The quantitative estimate of drug-likeness (QED) is 0.0311. The number of allylic oxidation sites excluding steroid dienone is 8. The highest BCUT2D eigenvalue weighted by molar-refractivity contribution is 7.47. The number of carbonyl (C=O) groups is 1. The summed E-state index contributed by atoms with van der Waals surface area (Å²) in [5.74, 6) is -0.347. The molecule has 0 saturated carbocycles. The van der Waals surface area contributed by atoms with Crippen LogP contribution in [-0.2, 0) is 27.9 Å². The molecule has 0 heterocycles. The lowest BCUT2D eigenvalue weighted by atomic mass is 10.1. The molecule has 0 aromatic heterocycles. The first kappa shape index (κ1) is 43.5. The lowest BCUT2D eigenvalue weighted by molar-refractivity contribution is -0.154. The minimum atomic E-state index is -4.26. The molecular weight excluding hydrogens is 589 g/mol. The van der Waals surface area contributed by atoms with Gasteiger partial charge < -0.3 is 20.1 Å². The Balaban J connectivity index is 3.99. The predicted octanol–water partition coefficient (Wildman–Crippen LogP) is 9.68. The van der Waals surface area contributed by atoms with E-state index >= 15 is 0 Å². The summed E-state index contributed by atoms with van der Waals surface area (Å²) in [6, 6.07) is 0. The minimum Gasteiger partial charge on any atom is -0.457 e. The standard InChI is InChI=1S/C36H66NO7P/c1-3-5-7-9-11-12-13-14-15-16-17-18-19-20-21-22-23-24-26-28-31-41-33-35(34-43-45(39,40)42-32-30-37)44-36(38)29-27-25-10-8-6-4-2/h5,7,11-12,14-15,17-18,35H,3-4,6,8-10,13,16,19-34,37H2,1-2H3,(H,39,40)/b7-5-,12-11-,15-14-,18-17-. The lowest BCUT2D eigenvalue weighted by Gasteiger charge is -2.20. The number of rotatable bonds is 33. The number of phosphoric acid groups is 1. The van der Waals surface area contributed by atoms with E-state index in [0.717, 1.165) is 64.2 Å². The zero-order valence-corrected chi connectivity index (χ0v) is 29.5. The molecule has 262 valence electrons. The minimum absolute atomic E-state index is 0.0969. The highest BCUT2D eigenvalue weighted by atomic mass is 31.2. The second kappa shape index (κ2) is 33.8. The number of nitrogens with two attached hydrogens (primary N) is 1. The normalized spacial score (nSPS) is 14.3. The van der Waals surface area contributed by atoms with Crippen molar-refractivity contribution in [3.8, 4) is 0 Å². The molecule has 8 nitrogen and oxygen atoms in total. The highest BCUT2D eigenvalue weighted by Gasteiger charge is 2.25. The molecule has 2 unspecified atom stereocenters. The molecule has 45 heavy (non-hydrogen) atoms. The summed E-state index contributed by atoms with van der Waals surface area (Å²) in [7, 11) is -4.26. The van der Waals surface area contributed by atoms with E-state index in [4.69, 9.17) is 24.3 Å². The van der Waals surface area contributed by atoms with Crippen molar-refractivity contribution in [2.24, 2.45) is 5.73 Å². The molecule has 0 fully saturated rings. The van der Waals surface area contributed by atoms with E-state index in [0.29, 0.717) is 13.0 Å². The van der Waals surface area contributed by atoms with Crippen molar-refractivity contribution in [1.29, 1.82) is 0 Å². The fourth-order valence-corrected chi connectivity index (χ4v) is 5.22. The molecule has 9 heteroatoms. The number of carbonyl (C=O) groups excluding carboxylic acids is 1. The van der Waals surface area contributed by atoms with Gasteiger partial charge in [-0.25, -0.2) is 4.57 Å². The van der Waals surface area contributed by atoms with E-state index in [1.807, 2.05) is 0 Å². The molecule has 0 aliphatic heterocycles. The zero-order chi connectivity index (χ0) is 33.1. The average molecular weight is 656 g/mol. The first-order chi connectivity index (χ1) is 21.9. The fraction of sp³-hybridized carbons (Fsp3) is 0.750. The van der Waals surface area contributed by atoms with Gasteiger partial charge in [-0.2, -0.15) is 0 Å². The number of hydrogen-bond donors (Lipinski definition) is 2. The van der Waals surface area contributed by atoms with E-state index in [1.165, 1.54) is 51.4 Å². The SMILES string of the molecule is CC/C=C\C/C=C\C/C=C\C/C=C\CCCCCCCCCOCC(COP(=O)(O)OCCN)OC(=O)CCCCCCCC. The third-order valence-corrected chi connectivity index (χ3v) is 7.99. The predicted molar refractivity (Wildman–Crippen MR) is 187 cm³/mol. The Morgan fingerprint density at radius 1 is 0.689 bits per heavy atom. The molecule has 0 spiro atoms. The number of phosphoric ester groups is 1. The molecule has 3 N–H and O–H groups in total. The van der Waals surface area contributed by atoms with Crippen LogP contribution in [0.25, 0.3) is 0 Å². The van der Waals surface area contributed by atoms with Crippen molar-refractivity contribution in [3.05, 3.63) is 48.6 Å². The maximum atomic E-state index is 12.3. The van der Waals surface area contributed by atoms with Crippen LogP contribution in [0.2, 0.25) is 0 Å². The molecule has 0 amide bonds. The number of hydrogen-bond acceptors (Lipinski definition) is 7. The van der Waals surface area contributed by atoms with Gasteiger partial charge in [0.15, 0.2) is 0 Å². The van der Waals surface area contributed by atoms with Gasteiger partial charge in [0, 0.05) is 19.6 Å². The molecule has 0 aliphatic carbocycles. The van der Waals surface area contributed by atoms with Gasteiger partial charge in [-0.15, -0.1) is 0 Å². The summed E-state index contributed by atoms with van der Waals surface area (Å²) < 4.78 is 33.1. The number of ether oxygens (including phenoxy) is 2. The maximum Gasteiger partial charge on any atom is 0.472 e. The van der Waals surface area contributed by atoms with Crippen LogP contribution in [0.4, 0.5) is 0 Å². The van der Waals surface area contributed by atoms with Crippen molar-refractivity contribution >= 4 is 13.8 Å². The summed E-state index contributed by atoms with van der Waals surface area (Å²) in [5, 5.41) is 0. The van der Waals surface area contributed by atoms with Crippen molar-refractivity contribution in [2.45, 2.75) is 142 Å². The van der Waals surface area contributed by atoms with Gasteiger partial charge in [0.1, 0.15) is 6.10 Å². The fourth-order valence-electron chi connectivity index (χ4n) is 4.46. The van der Waals surface area contributed by atoms with Gasteiger partial charge in [0.2, 0.25) is 0 Å². The molecule has 0 bridgehead atoms. The smallest absolute Gasteiger partial charge is 0.457 e. The maximum absolute atomic E-state index is 12.3. The van der Waals surface area contributed by atoms with Crippen LogP contribution in [0.3, 0.4) is 0 Å². The van der Waals surface area contributed by atoms with Gasteiger partial charge in [-0.1, -0.05) is 127 Å². The Labute approximate surface area is 275 Å². The zero-order valence-electron chi connectivity index (χ0n) is 28.6. The van der Waals surface area contributed by atoms with Gasteiger partial charge >= 0.3 is 13.8 Å². The van der Waals surface area contributed by atoms with E-state index in [-0.39, 0.29) is 32.3 Å². The summed E-state index contributed by atoms with van der Waals surface area (Å²) >= 11 is 0. The van der Waals surface area contributed by atoms with Crippen molar-refractivity contribution in [2.75, 3.05) is 33.0 Å². The monoisotopic (exact) mass is 655 g/mol. The molecular formula is C36H66NO7P. The molecule has 2 atom stereocenters. The van der Waals surface area contributed by atoms with E-state index in [2.05, 4.69) is 62.5 Å². The summed E-state index contributed by atoms with van der Waals surface area (Å²) in [5.41, 5.74) is 5.33. The number of esters is 1. The second-order valence-corrected chi connectivity index (χ2v) is 12.8. The van der Waals surface area contributed by atoms with E-state index in [1.54, 1.807) is 0 Å². The first-order valence-corrected chi connectivity index (χ1v) is 19.1. The van der Waals surface area contributed by atoms with Crippen molar-refractivity contribution in [1.82, 2.24) is 0 Å². The summed E-state index contributed by atoms with van der Waals surface area (Å²) in [4.78, 5) is 22.1. The Morgan fingerprint density at radius 3 is 1.87 bits per heavy atom. The van der Waals surface area contributed by atoms with Crippen LogP contribution in [0, 0.1) is 0 Å². The van der Waals surface area contributed by atoms with Crippen LogP contribution in [0.1, 0.15) is 136 Å².